The predicted octanol–water partition coefficient (Wildman–Crippen LogP) is 1.80. The molecule has 0 spiro atoms. The Morgan fingerprint density at radius 1 is 1.28 bits per heavy atom. The molecule has 32 heavy (non-hydrogen) atoms. The third-order valence-electron chi connectivity index (χ3n) is 5.72. The van der Waals surface area contributed by atoms with Crippen LogP contribution in [0.25, 0.3) is 11.2 Å². The molecule has 1 saturated carbocycles. The smallest absolute Gasteiger partial charge is 0.332 e. The van der Waals surface area contributed by atoms with Crippen LogP contribution in [0, 0.1) is 5.92 Å². The number of aromatic nitrogens is 4. The first-order chi connectivity index (χ1) is 15.2. The first-order valence-corrected chi connectivity index (χ1v) is 11.0. The first kappa shape index (κ1) is 22.5. The maximum atomic E-state index is 13.5. The molecule has 0 radical (unpaired) electrons. The van der Waals surface area contributed by atoms with Gasteiger partial charge < -0.3 is 19.9 Å². The van der Waals surface area contributed by atoms with Crippen molar-refractivity contribution in [1.29, 1.82) is 0 Å². The second-order valence-electron chi connectivity index (χ2n) is 8.26. The Morgan fingerprint density at radius 3 is 2.59 bits per heavy atom. The molecule has 1 saturated heterocycles. The molecule has 2 aliphatic rings. The first-order valence-electron chi connectivity index (χ1n) is 10.6. The van der Waals surface area contributed by atoms with Gasteiger partial charge in [0.25, 0.3) is 0 Å². The fraction of sp³-hybridized carbons (Fsp3) is 0.650. The molecule has 2 aromatic rings. The quantitative estimate of drug-likeness (QED) is 0.476. The van der Waals surface area contributed by atoms with E-state index < -0.39 is 42.2 Å². The topological polar surface area (TPSA) is 141 Å². The van der Waals surface area contributed by atoms with Crippen LogP contribution in [0.5, 0.6) is 0 Å². The summed E-state index contributed by atoms with van der Waals surface area (Å²) in [4.78, 5) is 45.1. The van der Waals surface area contributed by atoms with Crippen LogP contribution in [-0.4, -0.2) is 49.4 Å². The van der Waals surface area contributed by atoms with Crippen molar-refractivity contribution in [2.45, 2.75) is 77.5 Å². The number of imidazole rings is 1. The van der Waals surface area contributed by atoms with Crippen LogP contribution < -0.4 is 11.4 Å². The van der Waals surface area contributed by atoms with Crippen molar-refractivity contribution in [1.82, 2.24) is 19.1 Å². The molecule has 1 aliphatic carbocycles. The second-order valence-corrected chi connectivity index (χ2v) is 8.61. The van der Waals surface area contributed by atoms with Crippen LogP contribution >= 0.6 is 11.6 Å². The van der Waals surface area contributed by atoms with Crippen LogP contribution in [0.4, 0.5) is 5.95 Å². The molecule has 11 nitrogen and oxygen atoms in total. The van der Waals surface area contributed by atoms with E-state index in [1.54, 1.807) is 0 Å². The summed E-state index contributed by atoms with van der Waals surface area (Å²) >= 11 is 6.36. The summed E-state index contributed by atoms with van der Waals surface area (Å²) in [5.41, 5.74) is 5.98. The highest BCUT2D eigenvalue weighted by molar-refractivity contribution is 6.33. The Kier molecular flexibility index (Phi) is 6.13. The molecule has 12 heteroatoms. The van der Waals surface area contributed by atoms with Gasteiger partial charge >= 0.3 is 17.6 Å². The zero-order valence-electron chi connectivity index (χ0n) is 18.1. The van der Waals surface area contributed by atoms with Crippen LogP contribution in [-0.2, 0) is 30.3 Å². The monoisotopic (exact) mass is 467 g/mol. The lowest BCUT2D eigenvalue weighted by Crippen LogP contribution is -2.34. The highest BCUT2D eigenvalue weighted by Gasteiger charge is 2.45. The van der Waals surface area contributed by atoms with Gasteiger partial charge in [0.1, 0.15) is 23.8 Å². The van der Waals surface area contributed by atoms with Crippen molar-refractivity contribution in [3.63, 3.8) is 0 Å². The molecule has 0 aromatic carbocycles. The molecule has 1 aliphatic heterocycles. The maximum Gasteiger partial charge on any atom is 0.332 e. The van der Waals surface area contributed by atoms with Crippen molar-refractivity contribution >= 4 is 40.7 Å². The van der Waals surface area contributed by atoms with Gasteiger partial charge in [0.15, 0.2) is 17.0 Å². The van der Waals surface area contributed by atoms with Gasteiger partial charge in [-0.1, -0.05) is 18.5 Å². The SMILES string of the molecule is CC[C@H](OC(C)=O)[C@@H]1C[C@@H](OC(C)=O)[C@H](n2c(=O)n(CC3CC3)c3c(Cl)nc(N)nc32)O1. The molecule has 174 valence electrons. The highest BCUT2D eigenvalue weighted by Crippen LogP contribution is 2.37. The van der Waals surface area contributed by atoms with Gasteiger partial charge in [-0.3, -0.25) is 14.2 Å². The minimum atomic E-state index is -0.991. The molecule has 3 heterocycles. The minimum Gasteiger partial charge on any atom is -0.460 e. The van der Waals surface area contributed by atoms with Gasteiger partial charge in [0.05, 0.1) is 0 Å². The molecule has 2 fully saturated rings. The van der Waals surface area contributed by atoms with Gasteiger partial charge in [-0.15, -0.1) is 0 Å². The third-order valence-corrected chi connectivity index (χ3v) is 5.98. The van der Waals surface area contributed by atoms with Crippen molar-refractivity contribution in [2.75, 3.05) is 5.73 Å². The van der Waals surface area contributed by atoms with Crippen LogP contribution in [0.1, 0.15) is 52.7 Å². The summed E-state index contributed by atoms with van der Waals surface area (Å²) in [5, 5.41) is 0.0638. The number of nitrogens with two attached hydrogens (primary N) is 1. The van der Waals surface area contributed by atoms with E-state index in [0.717, 1.165) is 12.8 Å². The average molecular weight is 468 g/mol. The summed E-state index contributed by atoms with van der Waals surface area (Å²) in [6.07, 6.45) is -0.161. The standard InChI is InChI=1S/C20H26ClN5O6/c1-4-12(30-9(2)27)13-7-14(31-10(3)28)18(32-13)26-17-15(16(21)23-19(22)24-17)25(20(26)29)8-11-5-6-11/h11-14,18H,4-8H2,1-3H3,(H2,22,23,24)/t12-,13-,14+,18+/m0/s1. The van der Waals surface area contributed by atoms with Crippen LogP contribution in [0.2, 0.25) is 5.15 Å². The second kappa shape index (κ2) is 8.70. The number of ether oxygens (including phenoxy) is 3. The maximum absolute atomic E-state index is 13.5. The van der Waals surface area contributed by atoms with Crippen molar-refractivity contribution in [3.8, 4) is 0 Å². The Balaban J connectivity index is 1.81. The molecule has 4 atom stereocenters. The van der Waals surface area contributed by atoms with Crippen molar-refractivity contribution in [2.24, 2.45) is 5.92 Å². The fourth-order valence-corrected chi connectivity index (χ4v) is 4.47. The minimum absolute atomic E-state index is 0.0638. The zero-order valence-corrected chi connectivity index (χ0v) is 18.9. The van der Waals surface area contributed by atoms with Crippen LogP contribution in [0.3, 0.4) is 0 Å². The molecule has 2 aromatic heterocycles. The zero-order chi connectivity index (χ0) is 23.2. The molecular formula is C20H26ClN5O6. The highest BCUT2D eigenvalue weighted by atomic mass is 35.5. The number of halogens is 1. The predicted molar refractivity (Wildman–Crippen MR) is 114 cm³/mol. The number of nitrogens with zero attached hydrogens (tertiary/aromatic N) is 4. The Hall–Kier alpha value is -2.66. The van der Waals surface area contributed by atoms with Gasteiger partial charge in [-0.2, -0.15) is 9.97 Å². The average Bonchev–Trinajstić information content (AvgIpc) is 3.37. The van der Waals surface area contributed by atoms with E-state index in [2.05, 4.69) is 9.97 Å². The normalized spacial score (nSPS) is 23.9. The van der Waals surface area contributed by atoms with Crippen molar-refractivity contribution in [3.05, 3.63) is 15.6 Å². The van der Waals surface area contributed by atoms with Gasteiger partial charge in [-0.05, 0) is 25.2 Å². The number of hydrogen-bond donors (Lipinski definition) is 1. The number of anilines is 1. The molecular weight excluding hydrogens is 442 g/mol. The van der Waals surface area contributed by atoms with Gasteiger partial charge in [-0.25, -0.2) is 9.36 Å². The van der Waals surface area contributed by atoms with E-state index in [0.29, 0.717) is 24.4 Å². The number of carbonyl (C=O) groups excluding carboxylic acids is 2. The molecule has 4 rings (SSSR count). The number of hydrogen-bond acceptors (Lipinski definition) is 9. The summed E-state index contributed by atoms with van der Waals surface area (Å²) in [6, 6.07) is 0. The lowest BCUT2D eigenvalue weighted by molar-refractivity contribution is -0.158. The summed E-state index contributed by atoms with van der Waals surface area (Å²) in [7, 11) is 0. The Morgan fingerprint density at radius 2 is 2.00 bits per heavy atom. The largest absolute Gasteiger partial charge is 0.460 e. The van der Waals surface area contributed by atoms with Crippen molar-refractivity contribution < 1.29 is 23.8 Å². The van der Waals surface area contributed by atoms with E-state index >= 15 is 0 Å². The summed E-state index contributed by atoms with van der Waals surface area (Å²) in [5.74, 6) is -0.690. The van der Waals surface area contributed by atoms with E-state index in [9.17, 15) is 14.4 Å². The number of esters is 2. The molecule has 2 N–H and O–H groups in total. The molecule has 0 bridgehead atoms. The fourth-order valence-electron chi connectivity index (χ4n) is 4.19. The van der Waals surface area contributed by atoms with E-state index in [4.69, 9.17) is 31.5 Å². The van der Waals surface area contributed by atoms with E-state index in [1.807, 2.05) is 6.92 Å². The van der Waals surface area contributed by atoms with Gasteiger partial charge in [0, 0.05) is 26.8 Å². The van der Waals surface area contributed by atoms with Crippen LogP contribution in [0.15, 0.2) is 4.79 Å². The van der Waals surface area contributed by atoms with Gasteiger partial charge in [0.2, 0.25) is 5.95 Å². The summed E-state index contributed by atoms with van der Waals surface area (Å²) in [6.45, 7) is 4.92. The Labute approximate surface area is 188 Å². The number of carbonyl (C=O) groups is 2. The third kappa shape index (κ3) is 4.31. The number of nitrogen functional groups attached to an aromatic ring is 1. The lowest BCUT2D eigenvalue weighted by atomic mass is 10.1. The Bertz CT molecular complexity index is 1110. The lowest BCUT2D eigenvalue weighted by Gasteiger charge is -2.22. The number of rotatable bonds is 7. The number of fused-ring (bicyclic) bond motifs is 1. The van der Waals surface area contributed by atoms with E-state index in [-0.39, 0.29) is 23.2 Å². The molecule has 0 amide bonds. The summed E-state index contributed by atoms with van der Waals surface area (Å²) < 4.78 is 19.9. The molecule has 0 unspecified atom stereocenters. The van der Waals surface area contributed by atoms with E-state index in [1.165, 1.54) is 23.0 Å².